The maximum Gasteiger partial charge on any atom is 0.218 e. The van der Waals surface area contributed by atoms with Crippen LogP contribution in [-0.2, 0) is 27.6 Å². The summed E-state index contributed by atoms with van der Waals surface area (Å²) in [5.74, 6) is 0.795. The number of hydrogen-bond donors (Lipinski definition) is 1. The Bertz CT molecular complexity index is 1170. The molecule has 2 aromatic rings. The van der Waals surface area contributed by atoms with Crippen LogP contribution in [0.15, 0.2) is 48.5 Å². The summed E-state index contributed by atoms with van der Waals surface area (Å²) < 4.78 is 35.0. The molecule has 1 spiro atoms. The van der Waals surface area contributed by atoms with E-state index in [4.69, 9.17) is 4.74 Å². The van der Waals surface area contributed by atoms with Crippen LogP contribution >= 0.6 is 0 Å². The lowest BCUT2D eigenvalue weighted by Gasteiger charge is -2.64. The van der Waals surface area contributed by atoms with E-state index in [0.29, 0.717) is 12.8 Å². The standard InChI is InChI=1S/C25H30N2O4S/c1-26-14-13-24-22-18-9-6-10-20(22)31-23(24)19(11-12-25(24,28)21(26)15-18)27(2)32(29,30)16-17-7-4-3-5-8-17/h3-10,19,21,23,28H,11-16H2,1-2H3/t19-,21+,23-,24-,25+/m0/s1. The van der Waals surface area contributed by atoms with Crippen LogP contribution in [0.3, 0.4) is 0 Å². The number of rotatable bonds is 4. The van der Waals surface area contributed by atoms with Crippen molar-refractivity contribution in [1.82, 2.24) is 9.21 Å². The van der Waals surface area contributed by atoms with Crippen molar-refractivity contribution >= 4 is 10.0 Å². The molecule has 2 heterocycles. The Labute approximate surface area is 189 Å². The van der Waals surface area contributed by atoms with Crippen LogP contribution in [0.5, 0.6) is 5.75 Å². The van der Waals surface area contributed by atoms with Crippen molar-refractivity contribution in [3.63, 3.8) is 0 Å². The van der Waals surface area contributed by atoms with E-state index in [1.165, 1.54) is 9.87 Å². The van der Waals surface area contributed by atoms with E-state index >= 15 is 0 Å². The number of piperidine rings is 1. The van der Waals surface area contributed by atoms with Gasteiger partial charge >= 0.3 is 0 Å². The molecule has 2 aromatic carbocycles. The highest BCUT2D eigenvalue weighted by Crippen LogP contribution is 2.64. The lowest BCUT2D eigenvalue weighted by Crippen LogP contribution is -2.77. The first kappa shape index (κ1) is 20.7. The topological polar surface area (TPSA) is 70.1 Å². The van der Waals surface area contributed by atoms with Crippen LogP contribution < -0.4 is 4.74 Å². The Hall–Kier alpha value is -1.93. The Morgan fingerprint density at radius 2 is 1.94 bits per heavy atom. The van der Waals surface area contributed by atoms with Crippen molar-refractivity contribution in [1.29, 1.82) is 0 Å². The molecule has 1 saturated heterocycles. The molecule has 4 aliphatic rings. The zero-order valence-corrected chi connectivity index (χ0v) is 19.4. The number of sulfonamides is 1. The van der Waals surface area contributed by atoms with Gasteiger partial charge in [-0.25, -0.2) is 8.42 Å². The largest absolute Gasteiger partial charge is 0.487 e. The van der Waals surface area contributed by atoms with Crippen LogP contribution in [0, 0.1) is 0 Å². The Morgan fingerprint density at radius 1 is 1.16 bits per heavy atom. The lowest BCUT2D eigenvalue weighted by molar-refractivity contribution is -0.191. The van der Waals surface area contributed by atoms with E-state index in [-0.39, 0.29) is 23.9 Å². The summed E-state index contributed by atoms with van der Waals surface area (Å²) in [6, 6.07) is 15.2. The van der Waals surface area contributed by atoms with E-state index in [0.717, 1.165) is 36.3 Å². The van der Waals surface area contributed by atoms with Crippen molar-refractivity contribution in [2.45, 2.75) is 60.6 Å². The molecular formula is C25H30N2O4S. The summed E-state index contributed by atoms with van der Waals surface area (Å²) in [4.78, 5) is 2.28. The fourth-order valence-electron chi connectivity index (χ4n) is 7.16. The van der Waals surface area contributed by atoms with Crippen LogP contribution in [0.2, 0.25) is 0 Å². The van der Waals surface area contributed by atoms with Gasteiger partial charge < -0.3 is 14.7 Å². The Morgan fingerprint density at radius 3 is 2.72 bits per heavy atom. The third-order valence-electron chi connectivity index (χ3n) is 8.69. The van der Waals surface area contributed by atoms with Gasteiger partial charge in [0.25, 0.3) is 0 Å². The van der Waals surface area contributed by atoms with Gasteiger partial charge in [0.15, 0.2) is 0 Å². The van der Waals surface area contributed by atoms with Gasteiger partial charge in [-0.05, 0) is 56.5 Å². The average Bonchev–Trinajstić information content (AvgIpc) is 3.11. The monoisotopic (exact) mass is 454 g/mol. The molecule has 2 aliphatic heterocycles. The number of ether oxygens (including phenoxy) is 1. The summed E-state index contributed by atoms with van der Waals surface area (Å²) in [7, 11) is 0.234. The molecule has 6 nitrogen and oxygen atoms in total. The normalized spacial score (nSPS) is 35.4. The zero-order valence-electron chi connectivity index (χ0n) is 18.6. The van der Waals surface area contributed by atoms with Gasteiger partial charge in [0.05, 0.1) is 22.8 Å². The smallest absolute Gasteiger partial charge is 0.218 e. The third-order valence-corrected chi connectivity index (χ3v) is 10.5. The molecule has 2 fully saturated rings. The average molecular weight is 455 g/mol. The first-order chi connectivity index (χ1) is 15.3. The molecule has 0 amide bonds. The Kier molecular flexibility index (Phi) is 4.39. The van der Waals surface area contributed by atoms with Gasteiger partial charge in [-0.3, -0.25) is 0 Å². The highest BCUT2D eigenvalue weighted by Gasteiger charge is 2.72. The van der Waals surface area contributed by atoms with Crippen molar-refractivity contribution in [2.24, 2.45) is 0 Å². The van der Waals surface area contributed by atoms with Gasteiger partial charge in [-0.2, -0.15) is 4.31 Å². The molecule has 7 heteroatoms. The molecule has 0 unspecified atom stereocenters. The fraction of sp³-hybridized carbons (Fsp3) is 0.520. The quantitative estimate of drug-likeness (QED) is 0.768. The fourth-order valence-corrected chi connectivity index (χ4v) is 8.61. The number of likely N-dealkylation sites (N-methyl/N-ethyl adjacent to an activating group) is 2. The van der Waals surface area contributed by atoms with Gasteiger partial charge in [-0.1, -0.05) is 42.5 Å². The second-order valence-electron chi connectivity index (χ2n) is 10.0. The molecular weight excluding hydrogens is 424 g/mol. The molecule has 2 bridgehead atoms. The van der Waals surface area contributed by atoms with Gasteiger partial charge in [0, 0.05) is 18.7 Å². The molecule has 0 radical (unpaired) electrons. The van der Waals surface area contributed by atoms with E-state index < -0.39 is 21.0 Å². The highest BCUT2D eigenvalue weighted by atomic mass is 32.2. The molecule has 0 aromatic heterocycles. The molecule has 32 heavy (non-hydrogen) atoms. The van der Waals surface area contributed by atoms with Crippen LogP contribution in [0.1, 0.15) is 36.0 Å². The maximum absolute atomic E-state index is 13.4. The second-order valence-corrected chi connectivity index (χ2v) is 12.1. The van der Waals surface area contributed by atoms with Gasteiger partial charge in [-0.15, -0.1) is 0 Å². The van der Waals surface area contributed by atoms with Gasteiger partial charge in [0.2, 0.25) is 10.0 Å². The highest BCUT2D eigenvalue weighted by molar-refractivity contribution is 7.88. The summed E-state index contributed by atoms with van der Waals surface area (Å²) in [5.41, 5.74) is 1.68. The maximum atomic E-state index is 13.4. The summed E-state index contributed by atoms with van der Waals surface area (Å²) >= 11 is 0. The van der Waals surface area contributed by atoms with Crippen molar-refractivity contribution in [2.75, 3.05) is 20.6 Å². The number of hydrogen-bond acceptors (Lipinski definition) is 5. The zero-order chi connectivity index (χ0) is 22.3. The number of nitrogens with zero attached hydrogens (tertiary/aromatic N) is 2. The number of aliphatic hydroxyl groups is 1. The first-order valence-corrected chi connectivity index (χ1v) is 13.1. The first-order valence-electron chi connectivity index (χ1n) is 11.5. The SMILES string of the molecule is CN1CC[C@]23c4c5cccc4O[C@H]2[C@@H](N(C)S(=O)(=O)Cc2ccccc2)CC[C@@]3(O)[C@H]1C5. The van der Waals surface area contributed by atoms with Crippen LogP contribution in [0.25, 0.3) is 0 Å². The molecule has 6 rings (SSSR count). The van der Waals surface area contributed by atoms with E-state index in [9.17, 15) is 13.5 Å². The summed E-state index contributed by atoms with van der Waals surface area (Å²) in [5, 5.41) is 12.2. The van der Waals surface area contributed by atoms with E-state index in [1.54, 1.807) is 7.05 Å². The molecule has 170 valence electrons. The van der Waals surface area contributed by atoms with E-state index in [2.05, 4.69) is 18.0 Å². The van der Waals surface area contributed by atoms with Gasteiger partial charge in [0.1, 0.15) is 11.9 Å². The number of likely N-dealkylation sites (tertiary alicyclic amines) is 1. The predicted octanol–water partition coefficient (Wildman–Crippen LogP) is 2.30. The van der Waals surface area contributed by atoms with Crippen molar-refractivity contribution in [3.05, 3.63) is 65.2 Å². The second kappa shape index (κ2) is 6.79. The van der Waals surface area contributed by atoms with Crippen molar-refractivity contribution in [3.8, 4) is 5.75 Å². The molecule has 1 saturated carbocycles. The Balaban J connectivity index is 1.43. The predicted molar refractivity (Wildman–Crippen MR) is 122 cm³/mol. The summed E-state index contributed by atoms with van der Waals surface area (Å²) in [6.45, 7) is 0.869. The minimum Gasteiger partial charge on any atom is -0.487 e. The number of benzene rings is 2. The minimum atomic E-state index is -3.55. The molecule has 5 atom stereocenters. The minimum absolute atomic E-state index is 0.0235. The van der Waals surface area contributed by atoms with Crippen LogP contribution in [0.4, 0.5) is 0 Å². The molecule has 2 aliphatic carbocycles. The third kappa shape index (κ3) is 2.54. The van der Waals surface area contributed by atoms with E-state index in [1.807, 2.05) is 42.5 Å². The summed E-state index contributed by atoms with van der Waals surface area (Å²) in [6.07, 6.45) is 2.35. The van der Waals surface area contributed by atoms with Crippen LogP contribution in [-0.4, -0.2) is 67.2 Å². The molecule has 1 N–H and O–H groups in total. The lowest BCUT2D eigenvalue weighted by atomic mass is 9.48. The van der Waals surface area contributed by atoms with Crippen molar-refractivity contribution < 1.29 is 18.3 Å².